The summed E-state index contributed by atoms with van der Waals surface area (Å²) in [5.74, 6) is -0.198. The number of aromatic nitrogens is 3. The first kappa shape index (κ1) is 23.2. The lowest BCUT2D eigenvalue weighted by molar-refractivity contribution is 0.0162. The fraction of sp³-hybridized carbons (Fsp3) is 0.222. The summed E-state index contributed by atoms with van der Waals surface area (Å²) < 4.78 is 7.27. The number of morpholine rings is 1. The Morgan fingerprint density at radius 3 is 2.54 bits per heavy atom. The lowest BCUT2D eigenvalue weighted by Gasteiger charge is -2.35. The molecule has 0 spiro atoms. The minimum atomic E-state index is -0.198. The van der Waals surface area contributed by atoms with Gasteiger partial charge in [-0.15, -0.1) is 0 Å². The highest BCUT2D eigenvalue weighted by Gasteiger charge is 2.26. The van der Waals surface area contributed by atoms with Crippen LogP contribution >= 0.6 is 11.6 Å². The Kier molecular flexibility index (Phi) is 7.18. The van der Waals surface area contributed by atoms with Crippen LogP contribution in [0.15, 0.2) is 85.3 Å². The third-order valence-electron chi connectivity index (χ3n) is 6.12. The molecule has 5 rings (SSSR count). The fourth-order valence-corrected chi connectivity index (χ4v) is 4.59. The molecule has 1 fully saturated rings. The van der Waals surface area contributed by atoms with Crippen molar-refractivity contribution < 1.29 is 9.53 Å². The van der Waals surface area contributed by atoms with Gasteiger partial charge < -0.3 is 10.1 Å². The summed E-state index contributed by atoms with van der Waals surface area (Å²) in [4.78, 5) is 20.0. The molecule has 8 heteroatoms. The summed E-state index contributed by atoms with van der Waals surface area (Å²) in [6.07, 6.45) is 5.19. The molecule has 0 aliphatic carbocycles. The molecule has 1 saturated heterocycles. The number of ether oxygens (including phenoxy) is 1. The molecule has 2 aromatic heterocycles. The molecule has 1 atom stereocenters. The van der Waals surface area contributed by atoms with Crippen LogP contribution < -0.4 is 5.32 Å². The van der Waals surface area contributed by atoms with Gasteiger partial charge in [-0.1, -0.05) is 48.0 Å². The predicted molar refractivity (Wildman–Crippen MR) is 136 cm³/mol. The molecule has 1 aliphatic heterocycles. The summed E-state index contributed by atoms with van der Waals surface area (Å²) in [6, 6.07) is 21.2. The van der Waals surface area contributed by atoms with Crippen molar-refractivity contribution in [3.8, 4) is 16.9 Å². The van der Waals surface area contributed by atoms with Crippen LogP contribution in [-0.2, 0) is 4.74 Å². The molecule has 1 N–H and O–H groups in total. The van der Waals surface area contributed by atoms with E-state index < -0.39 is 0 Å². The second kappa shape index (κ2) is 10.8. The number of benzene rings is 2. The van der Waals surface area contributed by atoms with Crippen LogP contribution in [0, 0.1) is 0 Å². The van der Waals surface area contributed by atoms with Crippen LogP contribution in [0.2, 0.25) is 5.02 Å². The van der Waals surface area contributed by atoms with Crippen molar-refractivity contribution in [2.24, 2.45) is 0 Å². The topological polar surface area (TPSA) is 72.3 Å². The molecule has 0 bridgehead atoms. The first-order valence-electron chi connectivity index (χ1n) is 11.6. The quantitative estimate of drug-likeness (QED) is 0.418. The number of hydrogen-bond donors (Lipinski definition) is 1. The van der Waals surface area contributed by atoms with Gasteiger partial charge in [0.15, 0.2) is 0 Å². The number of nitrogens with zero attached hydrogens (tertiary/aromatic N) is 4. The van der Waals surface area contributed by atoms with Gasteiger partial charge in [-0.2, -0.15) is 5.10 Å². The summed E-state index contributed by atoms with van der Waals surface area (Å²) in [7, 11) is 0. The maximum Gasteiger partial charge on any atom is 0.255 e. The highest BCUT2D eigenvalue weighted by Crippen LogP contribution is 2.28. The molecule has 1 unspecified atom stereocenters. The van der Waals surface area contributed by atoms with E-state index in [-0.39, 0.29) is 11.9 Å². The second-order valence-corrected chi connectivity index (χ2v) is 8.72. The number of carbonyl (C=O) groups excluding carboxylic acids is 1. The SMILES string of the molecule is O=C(NCC(c1ccccc1Cl)N1CCOCC1)c1cn(-c2ccccc2)nc1-c1cccnc1. The summed E-state index contributed by atoms with van der Waals surface area (Å²) in [5.41, 5.74) is 3.72. The van der Waals surface area contributed by atoms with Crippen molar-refractivity contribution in [2.75, 3.05) is 32.8 Å². The molecule has 7 nitrogen and oxygen atoms in total. The number of carbonyl (C=O) groups is 1. The molecular weight excluding hydrogens is 462 g/mol. The molecule has 35 heavy (non-hydrogen) atoms. The van der Waals surface area contributed by atoms with E-state index in [1.807, 2.05) is 66.7 Å². The van der Waals surface area contributed by atoms with E-state index in [2.05, 4.69) is 15.2 Å². The molecule has 4 aromatic rings. The van der Waals surface area contributed by atoms with Gasteiger partial charge in [0, 0.05) is 48.8 Å². The Balaban J connectivity index is 1.44. The monoisotopic (exact) mass is 487 g/mol. The maximum absolute atomic E-state index is 13.5. The van der Waals surface area contributed by atoms with Crippen LogP contribution in [0.25, 0.3) is 16.9 Å². The van der Waals surface area contributed by atoms with E-state index >= 15 is 0 Å². The molecule has 3 heterocycles. The average molecular weight is 488 g/mol. The van der Waals surface area contributed by atoms with Crippen LogP contribution in [0.4, 0.5) is 0 Å². The van der Waals surface area contributed by atoms with Crippen molar-refractivity contribution in [1.29, 1.82) is 0 Å². The number of para-hydroxylation sites is 1. The number of halogens is 1. The Morgan fingerprint density at radius 2 is 1.80 bits per heavy atom. The Bertz CT molecular complexity index is 1270. The molecule has 2 aromatic carbocycles. The first-order valence-corrected chi connectivity index (χ1v) is 12.0. The molecular formula is C27H26ClN5O2. The third-order valence-corrected chi connectivity index (χ3v) is 6.47. The summed E-state index contributed by atoms with van der Waals surface area (Å²) >= 11 is 6.56. The lowest BCUT2D eigenvalue weighted by atomic mass is 10.0. The summed E-state index contributed by atoms with van der Waals surface area (Å²) in [5, 5.41) is 8.56. The lowest BCUT2D eigenvalue weighted by Crippen LogP contribution is -2.44. The number of amides is 1. The Labute approximate surface area is 209 Å². The first-order chi connectivity index (χ1) is 17.2. The summed E-state index contributed by atoms with van der Waals surface area (Å²) in [6.45, 7) is 3.27. The molecule has 1 amide bonds. The van der Waals surface area contributed by atoms with E-state index in [1.54, 1.807) is 23.3 Å². The highest BCUT2D eigenvalue weighted by atomic mass is 35.5. The van der Waals surface area contributed by atoms with Crippen LogP contribution in [-0.4, -0.2) is 58.4 Å². The zero-order chi connectivity index (χ0) is 24.0. The van der Waals surface area contributed by atoms with Crippen molar-refractivity contribution in [3.05, 3.63) is 101 Å². The molecule has 0 saturated carbocycles. The smallest absolute Gasteiger partial charge is 0.255 e. The zero-order valence-electron chi connectivity index (χ0n) is 19.2. The van der Waals surface area contributed by atoms with E-state index in [0.29, 0.717) is 36.0 Å². The van der Waals surface area contributed by atoms with Crippen LogP contribution in [0.5, 0.6) is 0 Å². The van der Waals surface area contributed by atoms with Crippen molar-refractivity contribution in [3.63, 3.8) is 0 Å². The van der Waals surface area contributed by atoms with Gasteiger partial charge in [-0.05, 0) is 35.9 Å². The van der Waals surface area contributed by atoms with Gasteiger partial charge in [0.05, 0.1) is 30.5 Å². The van der Waals surface area contributed by atoms with Gasteiger partial charge in [-0.3, -0.25) is 14.7 Å². The average Bonchev–Trinajstić information content (AvgIpc) is 3.37. The van der Waals surface area contributed by atoms with Crippen molar-refractivity contribution in [1.82, 2.24) is 25.0 Å². The van der Waals surface area contributed by atoms with E-state index in [0.717, 1.165) is 29.9 Å². The van der Waals surface area contributed by atoms with Crippen LogP contribution in [0.3, 0.4) is 0 Å². The largest absolute Gasteiger partial charge is 0.379 e. The van der Waals surface area contributed by atoms with E-state index in [4.69, 9.17) is 21.4 Å². The standard InChI is InChI=1S/C27H26ClN5O2/c28-24-11-5-4-10-22(24)25(32-13-15-35-16-14-32)18-30-27(34)23-19-33(21-8-2-1-3-9-21)31-26(23)20-7-6-12-29-17-20/h1-12,17,19,25H,13-16,18H2,(H,30,34). The molecule has 1 aliphatic rings. The third kappa shape index (κ3) is 5.27. The second-order valence-electron chi connectivity index (χ2n) is 8.31. The highest BCUT2D eigenvalue weighted by molar-refractivity contribution is 6.31. The van der Waals surface area contributed by atoms with Gasteiger partial charge in [-0.25, -0.2) is 4.68 Å². The van der Waals surface area contributed by atoms with Crippen molar-refractivity contribution >= 4 is 17.5 Å². The number of nitrogens with one attached hydrogen (secondary N) is 1. The molecule has 178 valence electrons. The van der Waals surface area contributed by atoms with Gasteiger partial charge >= 0.3 is 0 Å². The number of rotatable bonds is 7. The Hall–Kier alpha value is -3.52. The fourth-order valence-electron chi connectivity index (χ4n) is 4.32. The zero-order valence-corrected chi connectivity index (χ0v) is 19.9. The Morgan fingerprint density at radius 1 is 1.03 bits per heavy atom. The molecule has 0 radical (unpaired) electrons. The number of pyridine rings is 1. The van der Waals surface area contributed by atoms with E-state index in [1.165, 1.54) is 0 Å². The minimum absolute atomic E-state index is 0.0671. The predicted octanol–water partition coefficient (Wildman–Crippen LogP) is 4.39. The van der Waals surface area contributed by atoms with Gasteiger partial charge in [0.2, 0.25) is 0 Å². The van der Waals surface area contributed by atoms with Gasteiger partial charge in [0.25, 0.3) is 5.91 Å². The van der Waals surface area contributed by atoms with E-state index in [9.17, 15) is 4.79 Å². The van der Waals surface area contributed by atoms with Gasteiger partial charge in [0.1, 0.15) is 5.69 Å². The minimum Gasteiger partial charge on any atom is -0.379 e. The van der Waals surface area contributed by atoms with Crippen LogP contribution in [0.1, 0.15) is 22.0 Å². The number of hydrogen-bond acceptors (Lipinski definition) is 5. The van der Waals surface area contributed by atoms with Crippen molar-refractivity contribution in [2.45, 2.75) is 6.04 Å². The normalized spacial score (nSPS) is 15.0. The maximum atomic E-state index is 13.5.